The number of ether oxygens (including phenoxy) is 3. The quantitative estimate of drug-likeness (QED) is 0.622. The number of likely N-dealkylation sites (tertiary alicyclic amines) is 1. The van der Waals surface area contributed by atoms with Gasteiger partial charge in [0, 0.05) is 6.54 Å². The minimum Gasteiger partial charge on any atom is -0.493 e. The maximum absolute atomic E-state index is 13.3. The smallest absolute Gasteiger partial charge is 0.245 e. The maximum atomic E-state index is 13.3. The van der Waals surface area contributed by atoms with Gasteiger partial charge in [-0.15, -0.1) is 0 Å². The lowest BCUT2D eigenvalue weighted by Gasteiger charge is -2.51. The summed E-state index contributed by atoms with van der Waals surface area (Å²) >= 11 is 0. The molecule has 0 bridgehead atoms. The van der Waals surface area contributed by atoms with Crippen molar-refractivity contribution in [2.45, 2.75) is 44.8 Å². The highest BCUT2D eigenvalue weighted by Gasteiger charge is 2.50. The largest absolute Gasteiger partial charge is 0.493 e. The molecule has 1 aliphatic heterocycles. The first-order chi connectivity index (χ1) is 14.9. The number of carbonyl (C=O) groups is 2. The second-order valence-electron chi connectivity index (χ2n) is 7.74. The fourth-order valence-corrected chi connectivity index (χ4v) is 4.03. The summed E-state index contributed by atoms with van der Waals surface area (Å²) in [6.07, 6.45) is 0.920. The predicted octanol–water partition coefficient (Wildman–Crippen LogP) is 3.47. The molecule has 0 spiro atoms. The van der Waals surface area contributed by atoms with E-state index in [0.29, 0.717) is 30.1 Å². The minimum atomic E-state index is -0.948. The third kappa shape index (κ3) is 4.17. The van der Waals surface area contributed by atoms with Crippen molar-refractivity contribution < 1.29 is 23.8 Å². The molecule has 0 aliphatic carbocycles. The van der Waals surface area contributed by atoms with E-state index in [0.717, 1.165) is 11.1 Å². The Balaban J connectivity index is 1.79. The average Bonchev–Trinajstić information content (AvgIpc) is 2.80. The molecule has 7 nitrogen and oxygen atoms in total. The van der Waals surface area contributed by atoms with Gasteiger partial charge in [-0.25, -0.2) is 0 Å². The van der Waals surface area contributed by atoms with Gasteiger partial charge in [-0.2, -0.15) is 0 Å². The van der Waals surface area contributed by atoms with Gasteiger partial charge in [0.05, 0.1) is 33.8 Å². The molecule has 2 aromatic rings. The number of amides is 2. The van der Waals surface area contributed by atoms with Crippen molar-refractivity contribution in [3.05, 3.63) is 53.6 Å². The Morgan fingerprint density at radius 1 is 1.10 bits per heavy atom. The lowest BCUT2D eigenvalue weighted by atomic mass is 9.83. The first-order valence-electron chi connectivity index (χ1n) is 10.3. The highest BCUT2D eigenvalue weighted by molar-refractivity contribution is 5.94. The fraction of sp³-hybridized carbons (Fsp3) is 0.417. The molecule has 2 atom stereocenters. The van der Waals surface area contributed by atoms with Gasteiger partial charge in [-0.05, 0) is 36.6 Å². The van der Waals surface area contributed by atoms with Crippen molar-refractivity contribution in [1.29, 1.82) is 0 Å². The average molecular weight is 427 g/mol. The van der Waals surface area contributed by atoms with Crippen molar-refractivity contribution in [1.82, 2.24) is 10.2 Å². The number of benzene rings is 2. The van der Waals surface area contributed by atoms with E-state index in [1.807, 2.05) is 44.2 Å². The summed E-state index contributed by atoms with van der Waals surface area (Å²) in [7, 11) is 4.64. The van der Waals surface area contributed by atoms with Gasteiger partial charge in [0.15, 0.2) is 11.5 Å². The predicted molar refractivity (Wildman–Crippen MR) is 117 cm³/mol. The molecule has 2 unspecified atom stereocenters. The molecule has 166 valence electrons. The van der Waals surface area contributed by atoms with Crippen LogP contribution in [0.4, 0.5) is 0 Å². The minimum absolute atomic E-state index is 0.0128. The number of rotatable bonds is 9. The number of carbonyl (C=O) groups excluding carboxylic acids is 2. The van der Waals surface area contributed by atoms with Gasteiger partial charge in [0.25, 0.3) is 0 Å². The van der Waals surface area contributed by atoms with Crippen LogP contribution in [0.2, 0.25) is 0 Å². The number of methoxy groups -OCH3 is 3. The molecule has 1 saturated heterocycles. The lowest BCUT2D eigenvalue weighted by Crippen LogP contribution is -2.64. The Labute approximate surface area is 183 Å². The molecule has 7 heteroatoms. The van der Waals surface area contributed by atoms with Gasteiger partial charge in [0.1, 0.15) is 5.54 Å². The first kappa shape index (κ1) is 22.5. The standard InChI is InChI=1S/C24H30N2O5/c1-6-24(2,26-18(14-21(26)27)17-10-8-7-9-11-17)23(28)25-15-16-12-19(29-3)22(31-5)20(13-16)30-4/h7-13,18H,6,14-15H2,1-5H3,(H,25,28). The van der Waals surface area contributed by atoms with Crippen LogP contribution in [-0.2, 0) is 16.1 Å². The summed E-state index contributed by atoms with van der Waals surface area (Å²) in [5.74, 6) is 1.33. The van der Waals surface area contributed by atoms with Crippen LogP contribution in [0.3, 0.4) is 0 Å². The summed E-state index contributed by atoms with van der Waals surface area (Å²) in [5, 5.41) is 2.99. The number of hydrogen-bond donors (Lipinski definition) is 1. The van der Waals surface area contributed by atoms with Gasteiger partial charge in [0.2, 0.25) is 17.6 Å². The fourth-order valence-electron chi connectivity index (χ4n) is 4.03. The van der Waals surface area contributed by atoms with Crippen LogP contribution < -0.4 is 19.5 Å². The molecular weight excluding hydrogens is 396 g/mol. The number of nitrogens with one attached hydrogen (secondary N) is 1. The zero-order valence-corrected chi connectivity index (χ0v) is 18.7. The summed E-state index contributed by atoms with van der Waals surface area (Å²) in [6.45, 7) is 4.01. The van der Waals surface area contributed by atoms with Gasteiger partial charge < -0.3 is 24.4 Å². The van der Waals surface area contributed by atoms with E-state index < -0.39 is 5.54 Å². The van der Waals surface area contributed by atoms with Crippen molar-refractivity contribution >= 4 is 11.8 Å². The topological polar surface area (TPSA) is 77.1 Å². The first-order valence-corrected chi connectivity index (χ1v) is 10.3. The molecule has 1 fully saturated rings. The SMILES string of the molecule is CCC(C)(C(=O)NCc1cc(OC)c(OC)c(OC)c1)N1C(=O)CC1c1ccccc1. The second-order valence-corrected chi connectivity index (χ2v) is 7.74. The second kappa shape index (κ2) is 9.29. The third-order valence-electron chi connectivity index (χ3n) is 6.02. The lowest BCUT2D eigenvalue weighted by molar-refractivity contribution is -0.164. The van der Waals surface area contributed by atoms with Crippen molar-refractivity contribution in [3.63, 3.8) is 0 Å². The van der Waals surface area contributed by atoms with Crippen LogP contribution in [-0.4, -0.2) is 43.6 Å². The summed E-state index contributed by atoms with van der Waals surface area (Å²) < 4.78 is 16.1. The van der Waals surface area contributed by atoms with Crippen LogP contribution >= 0.6 is 0 Å². The Hall–Kier alpha value is -3.22. The van der Waals surface area contributed by atoms with E-state index >= 15 is 0 Å². The molecule has 2 amide bonds. The van der Waals surface area contributed by atoms with E-state index in [9.17, 15) is 9.59 Å². The molecule has 2 aromatic carbocycles. The van der Waals surface area contributed by atoms with E-state index in [-0.39, 0.29) is 24.4 Å². The zero-order valence-electron chi connectivity index (χ0n) is 18.7. The summed E-state index contributed by atoms with van der Waals surface area (Å²) in [6, 6.07) is 13.3. The van der Waals surface area contributed by atoms with Crippen LogP contribution in [0.15, 0.2) is 42.5 Å². The van der Waals surface area contributed by atoms with Crippen LogP contribution in [0, 0.1) is 0 Å². The number of hydrogen-bond acceptors (Lipinski definition) is 5. The Kier molecular flexibility index (Phi) is 6.73. The van der Waals surface area contributed by atoms with Gasteiger partial charge in [-0.3, -0.25) is 9.59 Å². The Bertz CT molecular complexity index is 921. The molecule has 31 heavy (non-hydrogen) atoms. The van der Waals surface area contributed by atoms with Crippen molar-refractivity contribution in [3.8, 4) is 17.2 Å². The highest BCUT2D eigenvalue weighted by Crippen LogP contribution is 2.42. The van der Waals surface area contributed by atoms with Crippen LogP contribution in [0.5, 0.6) is 17.2 Å². The molecule has 0 saturated carbocycles. The molecule has 1 aliphatic rings. The maximum Gasteiger partial charge on any atom is 0.245 e. The zero-order chi connectivity index (χ0) is 22.6. The number of nitrogens with zero attached hydrogens (tertiary/aromatic N) is 1. The number of β-lactam (4-membered cyclic amide) rings is 1. The Morgan fingerprint density at radius 2 is 1.71 bits per heavy atom. The van der Waals surface area contributed by atoms with Crippen molar-refractivity contribution in [2.75, 3.05) is 21.3 Å². The molecule has 0 radical (unpaired) electrons. The highest BCUT2D eigenvalue weighted by atomic mass is 16.5. The van der Waals surface area contributed by atoms with Gasteiger partial charge >= 0.3 is 0 Å². The summed E-state index contributed by atoms with van der Waals surface area (Å²) in [4.78, 5) is 27.5. The molecular formula is C24H30N2O5. The van der Waals surface area contributed by atoms with E-state index in [2.05, 4.69) is 5.32 Å². The van der Waals surface area contributed by atoms with Crippen molar-refractivity contribution in [2.24, 2.45) is 0 Å². The molecule has 3 rings (SSSR count). The Morgan fingerprint density at radius 3 is 2.19 bits per heavy atom. The van der Waals surface area contributed by atoms with E-state index in [1.54, 1.807) is 38.4 Å². The van der Waals surface area contributed by atoms with E-state index in [1.165, 1.54) is 0 Å². The molecule has 1 heterocycles. The monoisotopic (exact) mass is 426 g/mol. The molecule has 1 N–H and O–H groups in total. The van der Waals surface area contributed by atoms with Gasteiger partial charge in [-0.1, -0.05) is 37.3 Å². The third-order valence-corrected chi connectivity index (χ3v) is 6.02. The van der Waals surface area contributed by atoms with E-state index in [4.69, 9.17) is 14.2 Å². The van der Waals surface area contributed by atoms with Crippen LogP contribution in [0.25, 0.3) is 0 Å². The normalized spacial score (nSPS) is 17.4. The molecule has 0 aromatic heterocycles. The summed E-state index contributed by atoms with van der Waals surface area (Å²) in [5.41, 5.74) is 0.895. The van der Waals surface area contributed by atoms with Crippen LogP contribution in [0.1, 0.15) is 43.9 Å².